The van der Waals surface area contributed by atoms with Crippen LogP contribution in [-0.4, -0.2) is 0 Å². The van der Waals surface area contributed by atoms with Gasteiger partial charge in [-0.25, -0.2) is 0 Å². The van der Waals surface area contributed by atoms with Crippen molar-refractivity contribution in [3.63, 3.8) is 0 Å². The van der Waals surface area contributed by atoms with Crippen LogP contribution in [0.15, 0.2) is 48.5 Å². The summed E-state index contributed by atoms with van der Waals surface area (Å²) in [5.74, 6) is 0.825. The number of hydrogen-bond donors (Lipinski definition) is 1. The zero-order chi connectivity index (χ0) is 14.4. The van der Waals surface area contributed by atoms with Crippen LogP contribution in [0.3, 0.4) is 0 Å². The SMILES string of the molecule is CC[C@H](N)c1ccccc1OCc1ccc(C#N)cc1. The Kier molecular flexibility index (Phi) is 4.75. The molecule has 0 aliphatic heterocycles. The second-order valence-corrected chi connectivity index (χ2v) is 4.65. The molecule has 3 nitrogen and oxygen atoms in total. The average Bonchev–Trinajstić information content (AvgIpc) is 2.53. The normalized spacial score (nSPS) is 11.7. The predicted molar refractivity (Wildman–Crippen MR) is 79.2 cm³/mol. The highest BCUT2D eigenvalue weighted by molar-refractivity contribution is 5.36. The summed E-state index contributed by atoms with van der Waals surface area (Å²) in [5.41, 5.74) is 8.80. The average molecular weight is 266 g/mol. The molecule has 0 bridgehead atoms. The minimum Gasteiger partial charge on any atom is -0.489 e. The van der Waals surface area contributed by atoms with E-state index in [4.69, 9.17) is 15.7 Å². The first-order valence-electron chi connectivity index (χ1n) is 6.71. The van der Waals surface area contributed by atoms with E-state index in [1.54, 1.807) is 12.1 Å². The van der Waals surface area contributed by atoms with Crippen LogP contribution in [0.2, 0.25) is 0 Å². The summed E-state index contributed by atoms with van der Waals surface area (Å²) >= 11 is 0. The topological polar surface area (TPSA) is 59.0 Å². The molecule has 102 valence electrons. The molecule has 2 N–H and O–H groups in total. The molecule has 2 aromatic rings. The fourth-order valence-electron chi connectivity index (χ4n) is 1.97. The van der Waals surface area contributed by atoms with Crippen LogP contribution in [0, 0.1) is 11.3 Å². The van der Waals surface area contributed by atoms with Crippen LogP contribution in [0.5, 0.6) is 5.75 Å². The van der Waals surface area contributed by atoms with Gasteiger partial charge in [0.2, 0.25) is 0 Å². The summed E-state index contributed by atoms with van der Waals surface area (Å²) in [6.45, 7) is 2.53. The quantitative estimate of drug-likeness (QED) is 0.900. The van der Waals surface area contributed by atoms with Crippen molar-refractivity contribution in [2.24, 2.45) is 5.73 Å². The summed E-state index contributed by atoms with van der Waals surface area (Å²) in [6.07, 6.45) is 0.872. The van der Waals surface area contributed by atoms with Gasteiger partial charge in [-0.05, 0) is 30.2 Å². The van der Waals surface area contributed by atoms with Crippen LogP contribution in [-0.2, 0) is 6.61 Å². The van der Waals surface area contributed by atoms with E-state index in [9.17, 15) is 0 Å². The molecular weight excluding hydrogens is 248 g/mol. The molecule has 0 saturated carbocycles. The van der Waals surface area contributed by atoms with Gasteiger partial charge in [0, 0.05) is 11.6 Å². The van der Waals surface area contributed by atoms with Crippen molar-refractivity contribution < 1.29 is 4.74 Å². The molecule has 0 fully saturated rings. The standard InChI is InChI=1S/C17H18N2O/c1-2-16(19)15-5-3-4-6-17(15)20-12-14-9-7-13(11-18)8-10-14/h3-10,16H,2,12,19H2,1H3/t16-/m0/s1. The van der Waals surface area contributed by atoms with Gasteiger partial charge in [-0.2, -0.15) is 5.26 Å². The molecular formula is C17H18N2O. The molecule has 0 aliphatic carbocycles. The van der Waals surface area contributed by atoms with Crippen molar-refractivity contribution in [2.45, 2.75) is 26.0 Å². The molecule has 2 rings (SSSR count). The van der Waals surface area contributed by atoms with Gasteiger partial charge in [-0.15, -0.1) is 0 Å². The van der Waals surface area contributed by atoms with E-state index in [0.717, 1.165) is 23.3 Å². The number of ether oxygens (including phenoxy) is 1. The summed E-state index contributed by atoms with van der Waals surface area (Å²) in [5, 5.41) is 8.77. The van der Waals surface area contributed by atoms with E-state index in [1.165, 1.54) is 0 Å². The zero-order valence-corrected chi connectivity index (χ0v) is 11.5. The second kappa shape index (κ2) is 6.74. The van der Waals surface area contributed by atoms with Gasteiger partial charge in [0.25, 0.3) is 0 Å². The van der Waals surface area contributed by atoms with Crippen molar-refractivity contribution in [3.8, 4) is 11.8 Å². The van der Waals surface area contributed by atoms with Gasteiger partial charge in [0.05, 0.1) is 11.6 Å². The van der Waals surface area contributed by atoms with Crippen LogP contribution < -0.4 is 10.5 Å². The molecule has 3 heteroatoms. The Hall–Kier alpha value is -2.31. The van der Waals surface area contributed by atoms with Crippen molar-refractivity contribution in [1.82, 2.24) is 0 Å². The van der Waals surface area contributed by atoms with Gasteiger partial charge in [-0.1, -0.05) is 37.3 Å². The van der Waals surface area contributed by atoms with Crippen LogP contribution in [0.1, 0.15) is 36.1 Å². The van der Waals surface area contributed by atoms with E-state index < -0.39 is 0 Å². The first-order chi connectivity index (χ1) is 9.74. The van der Waals surface area contributed by atoms with Gasteiger partial charge >= 0.3 is 0 Å². The molecule has 0 amide bonds. The van der Waals surface area contributed by atoms with Crippen molar-refractivity contribution in [2.75, 3.05) is 0 Å². The third-order valence-electron chi connectivity index (χ3n) is 3.24. The van der Waals surface area contributed by atoms with E-state index in [2.05, 4.69) is 13.0 Å². The largest absolute Gasteiger partial charge is 0.489 e. The van der Waals surface area contributed by atoms with E-state index >= 15 is 0 Å². The number of rotatable bonds is 5. The Balaban J connectivity index is 2.08. The molecule has 0 unspecified atom stereocenters. The molecule has 0 heterocycles. The number of benzene rings is 2. The molecule has 0 spiro atoms. The van der Waals surface area contributed by atoms with E-state index in [0.29, 0.717) is 12.2 Å². The number of para-hydroxylation sites is 1. The number of hydrogen-bond acceptors (Lipinski definition) is 3. The molecule has 2 aromatic carbocycles. The number of nitrogens with two attached hydrogens (primary N) is 1. The van der Waals surface area contributed by atoms with E-state index in [-0.39, 0.29) is 6.04 Å². The van der Waals surface area contributed by atoms with Gasteiger partial charge < -0.3 is 10.5 Å². The Morgan fingerprint density at radius 3 is 2.50 bits per heavy atom. The zero-order valence-electron chi connectivity index (χ0n) is 11.5. The smallest absolute Gasteiger partial charge is 0.124 e. The van der Waals surface area contributed by atoms with Crippen LogP contribution in [0.25, 0.3) is 0 Å². The summed E-state index contributed by atoms with van der Waals surface area (Å²) in [4.78, 5) is 0. The molecule has 0 aromatic heterocycles. The minimum atomic E-state index is -0.00725. The Labute approximate surface area is 119 Å². The number of nitriles is 1. The molecule has 0 radical (unpaired) electrons. The molecule has 20 heavy (non-hydrogen) atoms. The van der Waals surface area contributed by atoms with Crippen molar-refractivity contribution in [3.05, 3.63) is 65.2 Å². The first kappa shape index (κ1) is 14.1. The van der Waals surface area contributed by atoms with Gasteiger partial charge in [0.15, 0.2) is 0 Å². The molecule has 0 saturated heterocycles. The third kappa shape index (κ3) is 3.37. The maximum absolute atomic E-state index is 8.77. The fourth-order valence-corrected chi connectivity index (χ4v) is 1.97. The lowest BCUT2D eigenvalue weighted by Crippen LogP contribution is -2.10. The van der Waals surface area contributed by atoms with Crippen LogP contribution in [0.4, 0.5) is 0 Å². The van der Waals surface area contributed by atoms with Crippen molar-refractivity contribution >= 4 is 0 Å². The van der Waals surface area contributed by atoms with Crippen LogP contribution >= 0.6 is 0 Å². The predicted octanol–water partition coefficient (Wildman–Crippen LogP) is 3.55. The summed E-state index contributed by atoms with van der Waals surface area (Å²) in [7, 11) is 0. The Morgan fingerprint density at radius 1 is 1.15 bits per heavy atom. The lowest BCUT2D eigenvalue weighted by molar-refractivity contribution is 0.300. The lowest BCUT2D eigenvalue weighted by atomic mass is 10.0. The highest BCUT2D eigenvalue weighted by Gasteiger charge is 2.09. The Bertz CT molecular complexity index is 599. The second-order valence-electron chi connectivity index (χ2n) is 4.65. The van der Waals surface area contributed by atoms with Gasteiger partial charge in [0.1, 0.15) is 12.4 Å². The fraction of sp³-hybridized carbons (Fsp3) is 0.235. The maximum Gasteiger partial charge on any atom is 0.124 e. The monoisotopic (exact) mass is 266 g/mol. The molecule has 0 aliphatic rings. The Morgan fingerprint density at radius 2 is 1.85 bits per heavy atom. The summed E-state index contributed by atoms with van der Waals surface area (Å²) in [6, 6.07) is 17.3. The minimum absolute atomic E-state index is 0.00725. The highest BCUT2D eigenvalue weighted by Crippen LogP contribution is 2.26. The maximum atomic E-state index is 8.77. The van der Waals surface area contributed by atoms with E-state index in [1.807, 2.05) is 36.4 Å². The number of nitrogens with zero attached hydrogens (tertiary/aromatic N) is 1. The summed E-state index contributed by atoms with van der Waals surface area (Å²) < 4.78 is 5.86. The van der Waals surface area contributed by atoms with Gasteiger partial charge in [-0.3, -0.25) is 0 Å². The lowest BCUT2D eigenvalue weighted by Gasteiger charge is -2.15. The van der Waals surface area contributed by atoms with Crippen molar-refractivity contribution in [1.29, 1.82) is 5.26 Å². The molecule has 1 atom stereocenters. The highest BCUT2D eigenvalue weighted by atomic mass is 16.5. The third-order valence-corrected chi connectivity index (χ3v) is 3.24. The first-order valence-corrected chi connectivity index (χ1v) is 6.71.